The van der Waals surface area contributed by atoms with E-state index in [1.807, 2.05) is 20.2 Å². The zero-order chi connectivity index (χ0) is 16.3. The first-order valence-electron chi connectivity index (χ1n) is 7.90. The summed E-state index contributed by atoms with van der Waals surface area (Å²) in [5, 5.41) is 1.23. The molecule has 1 atom stereocenters. The second-order valence-corrected chi connectivity index (χ2v) is 5.96. The van der Waals surface area contributed by atoms with Gasteiger partial charge in [-0.25, -0.2) is 4.39 Å². The molecule has 1 N–H and O–H groups in total. The maximum absolute atomic E-state index is 12.1. The fourth-order valence-electron chi connectivity index (χ4n) is 3.04. The highest BCUT2D eigenvalue weighted by Crippen LogP contribution is 2.34. The molecule has 0 aliphatic heterocycles. The van der Waals surface area contributed by atoms with Crippen LogP contribution in [-0.4, -0.2) is 56.2 Å². The maximum atomic E-state index is 12.1. The number of rotatable bonds is 7. The maximum Gasteiger partial charge on any atom is 0.146 e. The Balaban J connectivity index is 1.79. The number of ether oxygens (including phenoxy) is 2. The molecule has 0 amide bonds. The number of nitrogens with one attached hydrogen (secondary N) is 1. The highest BCUT2D eigenvalue weighted by molar-refractivity contribution is 5.91. The van der Waals surface area contributed by atoms with Crippen molar-refractivity contribution in [3.8, 4) is 0 Å². The zero-order valence-electron chi connectivity index (χ0n) is 13.6. The van der Waals surface area contributed by atoms with Gasteiger partial charge in [-0.05, 0) is 26.2 Å². The van der Waals surface area contributed by atoms with Gasteiger partial charge in [0.25, 0.3) is 0 Å². The van der Waals surface area contributed by atoms with Crippen LogP contribution in [-0.2, 0) is 15.9 Å². The molecule has 0 bridgehead atoms. The monoisotopic (exact) mass is 318 g/mol. The number of halogens is 1. The third kappa shape index (κ3) is 3.17. The average Bonchev–Trinajstić information content (AvgIpc) is 2.92. The number of hydrogen-bond donors (Lipinski definition) is 1. The number of alkyl halides is 1. The van der Waals surface area contributed by atoms with Crippen molar-refractivity contribution in [1.29, 1.82) is 0 Å². The second-order valence-electron chi connectivity index (χ2n) is 5.96. The fraction of sp³-hybridized carbons (Fsp3) is 0.444. The van der Waals surface area contributed by atoms with Gasteiger partial charge in [-0.2, -0.15) is 0 Å². The third-order valence-corrected chi connectivity index (χ3v) is 4.33. The lowest BCUT2D eigenvalue weighted by molar-refractivity contribution is -0.115. The SMILES string of the molecule is CN(C)C1(OCCOCCF)C=Cc2c([nH]c3ccccc23)C1. The third-order valence-electron chi connectivity index (χ3n) is 4.33. The molecule has 1 heterocycles. The fourth-order valence-corrected chi connectivity index (χ4v) is 3.04. The largest absolute Gasteiger partial charge is 0.376 e. The molecule has 0 radical (unpaired) electrons. The Morgan fingerprint density at radius 1 is 1.22 bits per heavy atom. The van der Waals surface area contributed by atoms with Gasteiger partial charge in [0.05, 0.1) is 19.8 Å². The summed E-state index contributed by atoms with van der Waals surface area (Å²) in [6.45, 7) is 0.489. The van der Waals surface area contributed by atoms with Gasteiger partial charge >= 0.3 is 0 Å². The van der Waals surface area contributed by atoms with Gasteiger partial charge in [0.1, 0.15) is 12.4 Å². The van der Waals surface area contributed by atoms with E-state index in [-0.39, 0.29) is 6.61 Å². The Morgan fingerprint density at radius 2 is 2.04 bits per heavy atom. The molecule has 1 aromatic heterocycles. The van der Waals surface area contributed by atoms with Crippen molar-refractivity contribution in [1.82, 2.24) is 9.88 Å². The number of aromatic nitrogens is 1. The first-order valence-corrected chi connectivity index (χ1v) is 7.90. The molecule has 0 saturated heterocycles. The molecule has 1 unspecified atom stereocenters. The molecule has 124 valence electrons. The van der Waals surface area contributed by atoms with Crippen LogP contribution in [0.15, 0.2) is 30.3 Å². The normalized spacial score (nSPS) is 20.3. The Morgan fingerprint density at radius 3 is 2.83 bits per heavy atom. The predicted molar refractivity (Wildman–Crippen MR) is 90.2 cm³/mol. The number of fused-ring (bicyclic) bond motifs is 3. The minimum absolute atomic E-state index is 0.125. The lowest BCUT2D eigenvalue weighted by atomic mass is 9.94. The second kappa shape index (κ2) is 6.83. The van der Waals surface area contributed by atoms with Gasteiger partial charge in [0.15, 0.2) is 0 Å². The molecule has 23 heavy (non-hydrogen) atoms. The van der Waals surface area contributed by atoms with E-state index < -0.39 is 12.4 Å². The zero-order valence-corrected chi connectivity index (χ0v) is 13.6. The van der Waals surface area contributed by atoms with Crippen molar-refractivity contribution in [2.24, 2.45) is 0 Å². The first kappa shape index (κ1) is 16.2. The Bertz CT molecular complexity index is 695. The van der Waals surface area contributed by atoms with E-state index >= 15 is 0 Å². The van der Waals surface area contributed by atoms with Crippen molar-refractivity contribution >= 4 is 17.0 Å². The number of nitrogens with zero attached hydrogens (tertiary/aromatic N) is 1. The van der Waals surface area contributed by atoms with Crippen molar-refractivity contribution in [2.75, 3.05) is 40.6 Å². The summed E-state index contributed by atoms with van der Waals surface area (Å²) in [6.07, 6.45) is 4.97. The van der Waals surface area contributed by atoms with Crippen LogP contribution in [0.25, 0.3) is 17.0 Å². The van der Waals surface area contributed by atoms with Gasteiger partial charge in [0.2, 0.25) is 0 Å². The summed E-state index contributed by atoms with van der Waals surface area (Å²) >= 11 is 0. The van der Waals surface area contributed by atoms with E-state index in [1.165, 1.54) is 16.6 Å². The van der Waals surface area contributed by atoms with Crippen LogP contribution in [0.3, 0.4) is 0 Å². The van der Waals surface area contributed by atoms with Crippen LogP contribution in [0.4, 0.5) is 4.39 Å². The van der Waals surface area contributed by atoms with E-state index in [0.29, 0.717) is 13.2 Å². The van der Waals surface area contributed by atoms with Crippen molar-refractivity contribution in [3.05, 3.63) is 41.6 Å². The van der Waals surface area contributed by atoms with E-state index in [0.717, 1.165) is 11.9 Å². The molecule has 0 fully saturated rings. The van der Waals surface area contributed by atoms with E-state index in [9.17, 15) is 4.39 Å². The molecule has 3 rings (SSSR count). The van der Waals surface area contributed by atoms with Gasteiger partial charge in [-0.1, -0.05) is 24.3 Å². The Kier molecular flexibility index (Phi) is 4.80. The number of H-pyrrole nitrogens is 1. The smallest absolute Gasteiger partial charge is 0.146 e. The van der Waals surface area contributed by atoms with E-state index in [1.54, 1.807) is 0 Å². The standard InChI is InChI=1S/C18H23FN2O2/c1-21(2)18(23-12-11-22-10-9-19)8-7-15-14-5-3-4-6-16(14)20-17(15)13-18/h3-8,20H,9-13H2,1-2H3. The van der Waals surface area contributed by atoms with Crippen LogP contribution in [0.5, 0.6) is 0 Å². The number of hydrogen-bond acceptors (Lipinski definition) is 3. The Hall–Kier alpha value is -1.69. The molecular formula is C18H23FN2O2. The summed E-state index contributed by atoms with van der Waals surface area (Å²) < 4.78 is 23.3. The number of aromatic amines is 1. The average molecular weight is 318 g/mol. The molecule has 5 heteroatoms. The van der Waals surface area contributed by atoms with Gasteiger partial charge in [0, 0.05) is 28.6 Å². The lowest BCUT2D eigenvalue weighted by Crippen LogP contribution is -2.48. The number of likely N-dealkylation sites (N-methyl/N-ethyl adjacent to an activating group) is 1. The quantitative estimate of drug-likeness (QED) is 0.630. The van der Waals surface area contributed by atoms with Crippen LogP contribution in [0, 0.1) is 0 Å². The molecule has 4 nitrogen and oxygen atoms in total. The summed E-state index contributed by atoms with van der Waals surface area (Å²) in [5.41, 5.74) is 3.04. The highest BCUT2D eigenvalue weighted by atomic mass is 19.1. The minimum Gasteiger partial charge on any atom is -0.376 e. The number of benzene rings is 1. The first-order chi connectivity index (χ1) is 11.2. The molecule has 0 spiro atoms. The van der Waals surface area contributed by atoms with Crippen LogP contribution < -0.4 is 0 Å². The van der Waals surface area contributed by atoms with Crippen molar-refractivity contribution in [3.63, 3.8) is 0 Å². The van der Waals surface area contributed by atoms with Gasteiger partial charge in [-0.15, -0.1) is 0 Å². The van der Waals surface area contributed by atoms with E-state index in [4.69, 9.17) is 9.47 Å². The summed E-state index contributed by atoms with van der Waals surface area (Å²) in [5.74, 6) is 0. The molecule has 1 aromatic carbocycles. The summed E-state index contributed by atoms with van der Waals surface area (Å²) in [4.78, 5) is 5.56. The van der Waals surface area contributed by atoms with Gasteiger partial charge in [-0.3, -0.25) is 4.90 Å². The minimum atomic E-state index is -0.507. The van der Waals surface area contributed by atoms with E-state index in [2.05, 4.69) is 40.2 Å². The molecule has 0 saturated carbocycles. The highest BCUT2D eigenvalue weighted by Gasteiger charge is 2.35. The van der Waals surface area contributed by atoms with Gasteiger partial charge < -0.3 is 14.5 Å². The van der Waals surface area contributed by atoms with Crippen molar-refractivity contribution in [2.45, 2.75) is 12.1 Å². The molecule has 1 aliphatic carbocycles. The Labute approximate surface area is 135 Å². The molecule has 2 aromatic rings. The van der Waals surface area contributed by atoms with Crippen LogP contribution in [0.2, 0.25) is 0 Å². The summed E-state index contributed by atoms with van der Waals surface area (Å²) in [6, 6.07) is 8.30. The van der Waals surface area contributed by atoms with Crippen LogP contribution >= 0.6 is 0 Å². The topological polar surface area (TPSA) is 37.5 Å². The molecular weight excluding hydrogens is 295 g/mol. The van der Waals surface area contributed by atoms with Crippen LogP contribution in [0.1, 0.15) is 11.3 Å². The predicted octanol–water partition coefficient (Wildman–Crippen LogP) is 3.00. The molecule has 1 aliphatic rings. The van der Waals surface area contributed by atoms with Crippen molar-refractivity contribution < 1.29 is 13.9 Å². The number of para-hydroxylation sites is 1. The lowest BCUT2D eigenvalue weighted by Gasteiger charge is -2.39. The summed E-state index contributed by atoms with van der Waals surface area (Å²) in [7, 11) is 4.00.